The van der Waals surface area contributed by atoms with Gasteiger partial charge < -0.3 is 9.30 Å². The lowest BCUT2D eigenvalue weighted by atomic mass is 10.2. The first-order valence-electron chi connectivity index (χ1n) is 4.32. The molecular weight excluding hydrogens is 260 g/mol. The molecular formula is C10H9BrN2O2. The van der Waals surface area contributed by atoms with Gasteiger partial charge in [-0.15, -0.1) is 0 Å². The van der Waals surface area contributed by atoms with Gasteiger partial charge in [-0.2, -0.15) is 0 Å². The molecule has 2 aromatic rings. The number of pyridine rings is 2. The summed E-state index contributed by atoms with van der Waals surface area (Å²) in [6, 6.07) is 1.74. The van der Waals surface area contributed by atoms with Crippen LogP contribution < -0.4 is 10.3 Å². The largest absolute Gasteiger partial charge is 0.481 e. The molecule has 0 unspecified atom stereocenters. The van der Waals surface area contributed by atoms with Gasteiger partial charge in [0.1, 0.15) is 0 Å². The third kappa shape index (κ3) is 1.63. The molecule has 0 aliphatic carbocycles. The van der Waals surface area contributed by atoms with Crippen LogP contribution in [0.15, 0.2) is 27.7 Å². The second-order valence-corrected chi connectivity index (χ2v) is 4.02. The molecule has 15 heavy (non-hydrogen) atoms. The molecule has 0 saturated heterocycles. The summed E-state index contributed by atoms with van der Waals surface area (Å²) >= 11 is 3.40. The predicted molar refractivity (Wildman–Crippen MR) is 61.2 cm³/mol. The molecule has 0 atom stereocenters. The lowest BCUT2D eigenvalue weighted by Crippen LogP contribution is -2.16. The maximum atomic E-state index is 11.7. The molecule has 2 aromatic heterocycles. The molecule has 2 heterocycles. The number of aryl methyl sites for hydroxylation is 1. The minimum absolute atomic E-state index is 0.0663. The Morgan fingerprint density at radius 1 is 1.47 bits per heavy atom. The Hall–Kier alpha value is -1.36. The van der Waals surface area contributed by atoms with Gasteiger partial charge in [-0.25, -0.2) is 4.98 Å². The summed E-state index contributed by atoms with van der Waals surface area (Å²) in [6.07, 6.45) is 3.26. The van der Waals surface area contributed by atoms with Crippen molar-refractivity contribution in [3.8, 4) is 5.88 Å². The standard InChI is InChI=1S/C10H9BrN2O2/c1-13-5-8(11)6-3-9(15-2)12-4-7(6)10(13)14/h3-5H,1-2H3. The Morgan fingerprint density at radius 2 is 2.20 bits per heavy atom. The molecule has 0 aliphatic heterocycles. The van der Waals surface area contributed by atoms with Crippen molar-refractivity contribution in [3.05, 3.63) is 33.3 Å². The van der Waals surface area contributed by atoms with Crippen LogP contribution in [0.5, 0.6) is 5.88 Å². The van der Waals surface area contributed by atoms with Gasteiger partial charge in [-0.3, -0.25) is 4.79 Å². The summed E-state index contributed by atoms with van der Waals surface area (Å²) < 4.78 is 7.37. The van der Waals surface area contributed by atoms with Gasteiger partial charge in [0.15, 0.2) is 0 Å². The van der Waals surface area contributed by atoms with E-state index in [-0.39, 0.29) is 5.56 Å². The molecule has 0 spiro atoms. The van der Waals surface area contributed by atoms with Crippen LogP contribution in [0.25, 0.3) is 10.8 Å². The number of methoxy groups -OCH3 is 1. The number of fused-ring (bicyclic) bond motifs is 1. The summed E-state index contributed by atoms with van der Waals surface area (Å²) in [5.74, 6) is 0.497. The van der Waals surface area contributed by atoms with E-state index in [1.165, 1.54) is 10.8 Å². The van der Waals surface area contributed by atoms with Gasteiger partial charge in [0.2, 0.25) is 5.88 Å². The van der Waals surface area contributed by atoms with Crippen LogP contribution in [0.2, 0.25) is 0 Å². The Kier molecular flexibility index (Phi) is 2.48. The quantitative estimate of drug-likeness (QED) is 0.791. The summed E-state index contributed by atoms with van der Waals surface area (Å²) in [7, 11) is 3.25. The van der Waals surface area contributed by atoms with Gasteiger partial charge in [0.25, 0.3) is 5.56 Å². The van der Waals surface area contributed by atoms with E-state index >= 15 is 0 Å². The summed E-state index contributed by atoms with van der Waals surface area (Å²) in [5.41, 5.74) is -0.0663. The highest BCUT2D eigenvalue weighted by Gasteiger charge is 2.06. The fourth-order valence-corrected chi connectivity index (χ4v) is 2.04. The van der Waals surface area contributed by atoms with E-state index in [0.29, 0.717) is 11.3 Å². The van der Waals surface area contributed by atoms with E-state index in [9.17, 15) is 4.79 Å². The Balaban J connectivity index is 2.90. The third-order valence-corrected chi connectivity index (χ3v) is 2.83. The zero-order valence-corrected chi connectivity index (χ0v) is 9.91. The van der Waals surface area contributed by atoms with Crippen molar-refractivity contribution in [1.29, 1.82) is 0 Å². The van der Waals surface area contributed by atoms with E-state index in [2.05, 4.69) is 20.9 Å². The van der Waals surface area contributed by atoms with E-state index < -0.39 is 0 Å². The second kappa shape index (κ2) is 3.66. The molecule has 0 amide bonds. The van der Waals surface area contributed by atoms with Crippen molar-refractivity contribution in [2.75, 3.05) is 7.11 Å². The van der Waals surface area contributed by atoms with Crippen LogP contribution in [-0.4, -0.2) is 16.7 Å². The number of halogens is 1. The van der Waals surface area contributed by atoms with E-state index in [4.69, 9.17) is 4.74 Å². The molecule has 0 fully saturated rings. The topological polar surface area (TPSA) is 44.1 Å². The number of ether oxygens (including phenoxy) is 1. The molecule has 78 valence electrons. The van der Waals surface area contributed by atoms with Crippen LogP contribution in [-0.2, 0) is 7.05 Å². The SMILES string of the molecule is COc1cc2c(Br)cn(C)c(=O)c2cn1. The average Bonchev–Trinajstić information content (AvgIpc) is 2.25. The van der Waals surface area contributed by atoms with E-state index in [1.807, 2.05) is 0 Å². The smallest absolute Gasteiger partial charge is 0.259 e. The number of nitrogens with zero attached hydrogens (tertiary/aromatic N) is 2. The fraction of sp³-hybridized carbons (Fsp3) is 0.200. The van der Waals surface area contributed by atoms with Gasteiger partial charge in [0.05, 0.1) is 12.5 Å². The van der Waals surface area contributed by atoms with E-state index in [0.717, 1.165) is 9.86 Å². The van der Waals surface area contributed by atoms with Crippen LogP contribution in [0, 0.1) is 0 Å². The average molecular weight is 269 g/mol. The number of aromatic nitrogens is 2. The first kappa shape index (κ1) is 10.2. The first-order valence-corrected chi connectivity index (χ1v) is 5.11. The third-order valence-electron chi connectivity index (χ3n) is 2.20. The van der Waals surface area contributed by atoms with E-state index in [1.54, 1.807) is 26.4 Å². The van der Waals surface area contributed by atoms with Crippen molar-refractivity contribution in [3.63, 3.8) is 0 Å². The fourth-order valence-electron chi connectivity index (χ4n) is 1.40. The molecule has 4 nitrogen and oxygen atoms in total. The Bertz CT molecular complexity index is 577. The zero-order valence-electron chi connectivity index (χ0n) is 8.32. The molecule has 2 rings (SSSR count). The molecule has 5 heteroatoms. The summed E-state index contributed by atoms with van der Waals surface area (Å²) in [4.78, 5) is 15.8. The van der Waals surface area contributed by atoms with Gasteiger partial charge in [-0.1, -0.05) is 0 Å². The first-order chi connectivity index (χ1) is 7.13. The van der Waals surface area contributed by atoms with Crippen LogP contribution in [0.3, 0.4) is 0 Å². The molecule has 0 bridgehead atoms. The lowest BCUT2D eigenvalue weighted by molar-refractivity contribution is 0.398. The van der Waals surface area contributed by atoms with Crippen molar-refractivity contribution in [1.82, 2.24) is 9.55 Å². The number of hydrogen-bond donors (Lipinski definition) is 0. The normalized spacial score (nSPS) is 10.6. The van der Waals surface area contributed by atoms with Crippen molar-refractivity contribution in [2.24, 2.45) is 7.05 Å². The molecule has 0 saturated carbocycles. The highest BCUT2D eigenvalue weighted by Crippen LogP contribution is 2.23. The molecule has 0 radical (unpaired) electrons. The minimum atomic E-state index is -0.0663. The Labute approximate surface area is 94.6 Å². The number of hydrogen-bond acceptors (Lipinski definition) is 3. The maximum absolute atomic E-state index is 11.7. The highest BCUT2D eigenvalue weighted by molar-refractivity contribution is 9.10. The van der Waals surface area contributed by atoms with Gasteiger partial charge in [-0.05, 0) is 15.9 Å². The maximum Gasteiger partial charge on any atom is 0.259 e. The monoisotopic (exact) mass is 268 g/mol. The second-order valence-electron chi connectivity index (χ2n) is 3.17. The van der Waals surface area contributed by atoms with Crippen molar-refractivity contribution in [2.45, 2.75) is 0 Å². The van der Waals surface area contributed by atoms with Crippen LogP contribution in [0.1, 0.15) is 0 Å². The summed E-state index contributed by atoms with van der Waals surface area (Å²) in [6.45, 7) is 0. The van der Waals surface area contributed by atoms with Gasteiger partial charge in [0, 0.05) is 35.4 Å². The van der Waals surface area contributed by atoms with Crippen molar-refractivity contribution < 1.29 is 4.74 Å². The highest BCUT2D eigenvalue weighted by atomic mass is 79.9. The molecule has 0 N–H and O–H groups in total. The predicted octanol–water partition coefficient (Wildman–Crippen LogP) is 1.70. The molecule has 0 aromatic carbocycles. The van der Waals surface area contributed by atoms with Crippen molar-refractivity contribution >= 4 is 26.7 Å². The van der Waals surface area contributed by atoms with Crippen LogP contribution in [0.4, 0.5) is 0 Å². The minimum Gasteiger partial charge on any atom is -0.481 e. The molecule has 0 aliphatic rings. The van der Waals surface area contributed by atoms with Crippen LogP contribution >= 0.6 is 15.9 Å². The summed E-state index contributed by atoms with van der Waals surface area (Å²) in [5, 5.41) is 1.39. The van der Waals surface area contributed by atoms with Gasteiger partial charge >= 0.3 is 0 Å². The zero-order chi connectivity index (χ0) is 11.0. The number of rotatable bonds is 1. The Morgan fingerprint density at radius 3 is 2.87 bits per heavy atom. The lowest BCUT2D eigenvalue weighted by Gasteiger charge is -2.05.